The number of carbonyl (C=O) groups is 1. The van der Waals surface area contributed by atoms with E-state index >= 15 is 0 Å². The van der Waals surface area contributed by atoms with Gasteiger partial charge in [0.25, 0.3) is 11.6 Å². The summed E-state index contributed by atoms with van der Waals surface area (Å²) in [7, 11) is 0. The van der Waals surface area contributed by atoms with Crippen LogP contribution in [0.5, 0.6) is 5.75 Å². The summed E-state index contributed by atoms with van der Waals surface area (Å²) in [6.07, 6.45) is 0. The second-order valence-electron chi connectivity index (χ2n) is 4.44. The van der Waals surface area contributed by atoms with E-state index in [4.69, 9.17) is 33.7 Å². The predicted molar refractivity (Wildman–Crippen MR) is 88.1 cm³/mol. The number of hydrogen-bond donors (Lipinski definition) is 2. The minimum Gasteiger partial charge on any atom is -0.484 e. The topological polar surface area (TPSA) is 107 Å². The Morgan fingerprint density at radius 3 is 2.30 bits per heavy atom. The van der Waals surface area contributed by atoms with E-state index in [1.807, 2.05) is 0 Å². The standard InChI is InChI=1S/C14H11Cl2N3O4/c15-11-5-8(6-12(16)14(11)17)18-13(20)7-23-10-3-1-9(2-4-10)19(21)22/h1-6H,7,17H2,(H,18,20). The van der Waals surface area contributed by atoms with E-state index in [1.54, 1.807) is 0 Å². The highest BCUT2D eigenvalue weighted by Gasteiger charge is 2.09. The molecular weight excluding hydrogens is 345 g/mol. The molecule has 3 N–H and O–H groups in total. The molecule has 0 fully saturated rings. The number of amides is 1. The monoisotopic (exact) mass is 355 g/mol. The van der Waals surface area contributed by atoms with Gasteiger partial charge in [-0.1, -0.05) is 23.2 Å². The van der Waals surface area contributed by atoms with Crippen LogP contribution in [0.3, 0.4) is 0 Å². The zero-order valence-corrected chi connectivity index (χ0v) is 13.1. The molecule has 0 aliphatic heterocycles. The van der Waals surface area contributed by atoms with Gasteiger partial charge >= 0.3 is 0 Å². The molecule has 9 heteroatoms. The van der Waals surface area contributed by atoms with Gasteiger partial charge < -0.3 is 15.8 Å². The van der Waals surface area contributed by atoms with Crippen LogP contribution in [0.4, 0.5) is 17.1 Å². The van der Waals surface area contributed by atoms with Crippen LogP contribution in [-0.4, -0.2) is 17.4 Å². The van der Waals surface area contributed by atoms with Crippen molar-refractivity contribution < 1.29 is 14.5 Å². The Kier molecular flexibility index (Phi) is 5.25. The first-order valence-electron chi connectivity index (χ1n) is 6.28. The van der Waals surface area contributed by atoms with Crippen LogP contribution in [0.25, 0.3) is 0 Å². The predicted octanol–water partition coefficient (Wildman–Crippen LogP) is 3.50. The van der Waals surface area contributed by atoms with E-state index in [9.17, 15) is 14.9 Å². The lowest BCUT2D eigenvalue weighted by Gasteiger charge is -2.09. The third-order valence-electron chi connectivity index (χ3n) is 2.78. The number of halogens is 2. The number of anilines is 2. The average molecular weight is 356 g/mol. The lowest BCUT2D eigenvalue weighted by molar-refractivity contribution is -0.384. The van der Waals surface area contributed by atoms with E-state index in [2.05, 4.69) is 5.32 Å². The first-order valence-corrected chi connectivity index (χ1v) is 7.04. The molecule has 2 aromatic carbocycles. The smallest absolute Gasteiger partial charge is 0.269 e. The van der Waals surface area contributed by atoms with Crippen LogP contribution in [0.2, 0.25) is 10.0 Å². The Balaban J connectivity index is 1.93. The summed E-state index contributed by atoms with van der Waals surface area (Å²) in [6.45, 7) is -0.280. The van der Waals surface area contributed by atoms with Crippen molar-refractivity contribution in [3.63, 3.8) is 0 Å². The molecule has 0 heterocycles. The third-order valence-corrected chi connectivity index (χ3v) is 3.41. The van der Waals surface area contributed by atoms with Gasteiger partial charge in [0.05, 0.1) is 20.7 Å². The minimum atomic E-state index is -0.523. The second-order valence-corrected chi connectivity index (χ2v) is 5.26. The van der Waals surface area contributed by atoms with Crippen LogP contribution in [0.15, 0.2) is 36.4 Å². The Hall–Kier alpha value is -2.51. The number of nitro groups is 1. The van der Waals surface area contributed by atoms with Gasteiger partial charge in [0.15, 0.2) is 6.61 Å². The van der Waals surface area contributed by atoms with Gasteiger partial charge in [0.1, 0.15) is 5.75 Å². The van der Waals surface area contributed by atoms with Crippen molar-refractivity contribution in [2.24, 2.45) is 0 Å². The summed E-state index contributed by atoms with van der Waals surface area (Å²) < 4.78 is 5.23. The van der Waals surface area contributed by atoms with Crippen molar-refractivity contribution >= 4 is 46.2 Å². The second kappa shape index (κ2) is 7.17. The summed E-state index contributed by atoms with van der Waals surface area (Å²) in [4.78, 5) is 21.8. The van der Waals surface area contributed by atoms with Gasteiger partial charge in [-0.15, -0.1) is 0 Å². The lowest BCUT2D eigenvalue weighted by atomic mass is 10.3. The summed E-state index contributed by atoms with van der Waals surface area (Å²) in [5.74, 6) is -0.112. The molecule has 1 amide bonds. The van der Waals surface area contributed by atoms with E-state index in [0.717, 1.165) is 0 Å². The van der Waals surface area contributed by atoms with E-state index < -0.39 is 10.8 Å². The van der Waals surface area contributed by atoms with Crippen molar-refractivity contribution in [2.45, 2.75) is 0 Å². The van der Waals surface area contributed by atoms with Crippen LogP contribution >= 0.6 is 23.2 Å². The largest absolute Gasteiger partial charge is 0.484 e. The number of non-ortho nitro benzene ring substituents is 1. The molecular formula is C14H11Cl2N3O4. The summed E-state index contributed by atoms with van der Waals surface area (Å²) in [5.41, 5.74) is 6.15. The van der Waals surface area contributed by atoms with Crippen molar-refractivity contribution in [1.82, 2.24) is 0 Å². The Morgan fingerprint density at radius 2 is 1.78 bits per heavy atom. The Labute approximate surface area is 141 Å². The Bertz CT molecular complexity index is 727. The number of nitro benzene ring substituents is 1. The van der Waals surface area contributed by atoms with Crippen LogP contribution < -0.4 is 15.8 Å². The third kappa shape index (κ3) is 4.48. The number of nitrogens with two attached hydrogens (primary N) is 1. The number of benzene rings is 2. The quantitative estimate of drug-likeness (QED) is 0.484. The molecule has 0 aliphatic carbocycles. The number of ether oxygens (including phenoxy) is 1. The fraction of sp³-hybridized carbons (Fsp3) is 0.0714. The number of nitrogens with zero attached hydrogens (tertiary/aromatic N) is 1. The normalized spacial score (nSPS) is 10.2. The molecule has 2 rings (SSSR count). The van der Waals surface area contributed by atoms with Crippen LogP contribution in [0.1, 0.15) is 0 Å². The highest BCUT2D eigenvalue weighted by atomic mass is 35.5. The van der Waals surface area contributed by atoms with Crippen molar-refractivity contribution in [3.8, 4) is 5.75 Å². The van der Waals surface area contributed by atoms with E-state index in [0.29, 0.717) is 11.4 Å². The molecule has 0 saturated heterocycles. The SMILES string of the molecule is Nc1c(Cl)cc(NC(=O)COc2ccc([N+](=O)[O-])cc2)cc1Cl. The molecule has 0 aromatic heterocycles. The van der Waals surface area contributed by atoms with Gasteiger partial charge in [-0.05, 0) is 24.3 Å². The molecule has 2 aromatic rings. The van der Waals surface area contributed by atoms with Gasteiger partial charge in [-0.3, -0.25) is 14.9 Å². The molecule has 0 unspecified atom stereocenters. The first kappa shape index (κ1) is 16.9. The number of nitrogens with one attached hydrogen (secondary N) is 1. The average Bonchev–Trinajstić information content (AvgIpc) is 2.51. The number of nitrogen functional groups attached to an aromatic ring is 1. The minimum absolute atomic E-state index is 0.0621. The Morgan fingerprint density at radius 1 is 1.22 bits per heavy atom. The number of carbonyl (C=O) groups excluding carboxylic acids is 1. The first-order chi connectivity index (χ1) is 10.9. The fourth-order valence-corrected chi connectivity index (χ4v) is 2.15. The van der Waals surface area contributed by atoms with Gasteiger partial charge in [0.2, 0.25) is 0 Å². The van der Waals surface area contributed by atoms with Crippen molar-refractivity contribution in [3.05, 3.63) is 56.6 Å². The molecule has 0 atom stereocenters. The molecule has 0 aliphatic rings. The zero-order chi connectivity index (χ0) is 17.0. The molecule has 0 radical (unpaired) electrons. The maximum absolute atomic E-state index is 11.8. The molecule has 120 valence electrons. The lowest BCUT2D eigenvalue weighted by Crippen LogP contribution is -2.20. The van der Waals surface area contributed by atoms with Crippen molar-refractivity contribution in [1.29, 1.82) is 0 Å². The van der Waals surface area contributed by atoms with Gasteiger partial charge in [0, 0.05) is 17.8 Å². The maximum atomic E-state index is 11.8. The van der Waals surface area contributed by atoms with E-state index in [1.165, 1.54) is 36.4 Å². The summed E-state index contributed by atoms with van der Waals surface area (Å²) in [5, 5.41) is 13.5. The summed E-state index contributed by atoms with van der Waals surface area (Å²) >= 11 is 11.7. The molecule has 0 spiro atoms. The van der Waals surface area contributed by atoms with Crippen LogP contribution in [0, 0.1) is 10.1 Å². The number of rotatable bonds is 5. The zero-order valence-electron chi connectivity index (χ0n) is 11.6. The molecule has 0 saturated carbocycles. The summed E-state index contributed by atoms with van der Waals surface area (Å²) in [6, 6.07) is 8.31. The molecule has 7 nitrogen and oxygen atoms in total. The molecule has 23 heavy (non-hydrogen) atoms. The molecule has 0 bridgehead atoms. The van der Waals surface area contributed by atoms with E-state index in [-0.39, 0.29) is 28.0 Å². The number of hydrogen-bond acceptors (Lipinski definition) is 5. The van der Waals surface area contributed by atoms with Gasteiger partial charge in [-0.25, -0.2) is 0 Å². The van der Waals surface area contributed by atoms with Gasteiger partial charge in [-0.2, -0.15) is 0 Å². The highest BCUT2D eigenvalue weighted by molar-refractivity contribution is 6.39. The maximum Gasteiger partial charge on any atom is 0.269 e. The van der Waals surface area contributed by atoms with Crippen molar-refractivity contribution in [2.75, 3.05) is 17.7 Å². The highest BCUT2D eigenvalue weighted by Crippen LogP contribution is 2.31. The van der Waals surface area contributed by atoms with Crippen LogP contribution in [-0.2, 0) is 4.79 Å². The fourth-order valence-electron chi connectivity index (χ4n) is 1.67.